The molecule has 1 rings (SSSR count). The van der Waals surface area contributed by atoms with Gasteiger partial charge in [0.1, 0.15) is 12.4 Å². The van der Waals surface area contributed by atoms with E-state index in [1.807, 2.05) is 31.2 Å². The third kappa shape index (κ3) is 5.93. The molecule has 20 heavy (non-hydrogen) atoms. The number of para-hydroxylation sites is 1. The van der Waals surface area contributed by atoms with Gasteiger partial charge in [0.15, 0.2) is 0 Å². The highest BCUT2D eigenvalue weighted by atomic mass is 16.5. The smallest absolute Gasteiger partial charge is 0.317 e. The van der Waals surface area contributed by atoms with Gasteiger partial charge in [-0.1, -0.05) is 18.2 Å². The molecule has 1 unspecified atom stereocenters. The number of amides is 2. The molecule has 0 saturated carbocycles. The van der Waals surface area contributed by atoms with Crippen LogP contribution in [-0.4, -0.2) is 48.9 Å². The highest BCUT2D eigenvalue weighted by molar-refractivity contribution is 5.73. The SMILES string of the molecule is Cc1ccccc1OCCNC(=O)N(C)CCC(C)O. The fourth-order valence-corrected chi connectivity index (χ4v) is 1.65. The number of carbonyl (C=O) groups excluding carboxylic acids is 1. The minimum atomic E-state index is -0.394. The summed E-state index contributed by atoms with van der Waals surface area (Å²) in [5.41, 5.74) is 1.08. The summed E-state index contributed by atoms with van der Waals surface area (Å²) in [6.45, 7) is 5.11. The number of hydrogen-bond donors (Lipinski definition) is 2. The Morgan fingerprint density at radius 1 is 1.45 bits per heavy atom. The summed E-state index contributed by atoms with van der Waals surface area (Å²) < 4.78 is 5.59. The van der Waals surface area contributed by atoms with E-state index in [0.29, 0.717) is 26.1 Å². The second-order valence-corrected chi connectivity index (χ2v) is 4.91. The van der Waals surface area contributed by atoms with Gasteiger partial charge < -0.3 is 20.1 Å². The average Bonchev–Trinajstić information content (AvgIpc) is 2.42. The number of aliphatic hydroxyl groups is 1. The first-order chi connectivity index (χ1) is 9.50. The molecule has 0 spiro atoms. The lowest BCUT2D eigenvalue weighted by Gasteiger charge is -2.18. The van der Waals surface area contributed by atoms with Gasteiger partial charge in [-0.15, -0.1) is 0 Å². The number of aryl methyl sites for hydroxylation is 1. The lowest BCUT2D eigenvalue weighted by atomic mass is 10.2. The molecule has 0 aliphatic carbocycles. The molecule has 112 valence electrons. The van der Waals surface area contributed by atoms with Crippen LogP contribution in [0.4, 0.5) is 4.79 Å². The maximum Gasteiger partial charge on any atom is 0.317 e. The van der Waals surface area contributed by atoms with Crippen LogP contribution in [0.2, 0.25) is 0 Å². The van der Waals surface area contributed by atoms with Gasteiger partial charge >= 0.3 is 6.03 Å². The van der Waals surface area contributed by atoms with Crippen LogP contribution in [0.15, 0.2) is 24.3 Å². The largest absolute Gasteiger partial charge is 0.491 e. The van der Waals surface area contributed by atoms with Gasteiger partial charge in [-0.05, 0) is 31.9 Å². The number of carbonyl (C=O) groups is 1. The topological polar surface area (TPSA) is 61.8 Å². The average molecular weight is 280 g/mol. The van der Waals surface area contributed by atoms with Crippen molar-refractivity contribution in [3.8, 4) is 5.75 Å². The van der Waals surface area contributed by atoms with Crippen molar-refractivity contribution in [1.82, 2.24) is 10.2 Å². The predicted octanol–water partition coefficient (Wildman–Crippen LogP) is 1.79. The summed E-state index contributed by atoms with van der Waals surface area (Å²) >= 11 is 0. The number of aliphatic hydroxyl groups excluding tert-OH is 1. The normalized spacial score (nSPS) is 11.8. The molecule has 2 N–H and O–H groups in total. The van der Waals surface area contributed by atoms with Gasteiger partial charge in [0.05, 0.1) is 12.6 Å². The summed E-state index contributed by atoms with van der Waals surface area (Å²) in [7, 11) is 1.71. The summed E-state index contributed by atoms with van der Waals surface area (Å²) in [4.78, 5) is 13.3. The maximum atomic E-state index is 11.7. The molecule has 1 atom stereocenters. The molecular weight excluding hydrogens is 256 g/mol. The number of rotatable bonds is 7. The highest BCUT2D eigenvalue weighted by Gasteiger charge is 2.08. The van der Waals surface area contributed by atoms with Crippen LogP contribution in [0.1, 0.15) is 18.9 Å². The van der Waals surface area contributed by atoms with Crippen LogP contribution in [0.25, 0.3) is 0 Å². The summed E-state index contributed by atoms with van der Waals surface area (Å²) in [6.07, 6.45) is 0.179. The number of hydrogen-bond acceptors (Lipinski definition) is 3. The van der Waals surface area contributed by atoms with Gasteiger partial charge in [-0.25, -0.2) is 4.79 Å². The van der Waals surface area contributed by atoms with Gasteiger partial charge in [-0.3, -0.25) is 0 Å². The highest BCUT2D eigenvalue weighted by Crippen LogP contribution is 2.15. The third-order valence-electron chi connectivity index (χ3n) is 2.96. The van der Waals surface area contributed by atoms with Crippen molar-refractivity contribution in [3.63, 3.8) is 0 Å². The number of nitrogens with zero attached hydrogens (tertiary/aromatic N) is 1. The van der Waals surface area contributed by atoms with E-state index in [0.717, 1.165) is 11.3 Å². The Morgan fingerprint density at radius 2 is 2.15 bits per heavy atom. The molecule has 1 aromatic carbocycles. The van der Waals surface area contributed by atoms with E-state index in [4.69, 9.17) is 4.74 Å². The minimum Gasteiger partial charge on any atom is -0.491 e. The zero-order chi connectivity index (χ0) is 15.0. The van der Waals surface area contributed by atoms with E-state index in [1.54, 1.807) is 18.9 Å². The van der Waals surface area contributed by atoms with Crippen LogP contribution < -0.4 is 10.1 Å². The van der Waals surface area contributed by atoms with E-state index in [2.05, 4.69) is 5.32 Å². The van der Waals surface area contributed by atoms with Crippen molar-refractivity contribution in [2.75, 3.05) is 26.7 Å². The van der Waals surface area contributed by atoms with E-state index >= 15 is 0 Å². The van der Waals surface area contributed by atoms with Crippen LogP contribution >= 0.6 is 0 Å². The lowest BCUT2D eigenvalue weighted by Crippen LogP contribution is -2.40. The Labute approximate surface area is 120 Å². The van der Waals surface area contributed by atoms with Crippen molar-refractivity contribution in [2.45, 2.75) is 26.4 Å². The molecule has 0 fully saturated rings. The number of urea groups is 1. The van der Waals surface area contributed by atoms with Crippen molar-refractivity contribution in [2.24, 2.45) is 0 Å². The van der Waals surface area contributed by atoms with Crippen molar-refractivity contribution >= 4 is 6.03 Å². The first-order valence-electron chi connectivity index (χ1n) is 6.86. The molecule has 0 aliphatic heterocycles. The Bertz CT molecular complexity index is 421. The molecule has 0 aromatic heterocycles. The van der Waals surface area contributed by atoms with Crippen LogP contribution in [0, 0.1) is 6.92 Å². The van der Waals surface area contributed by atoms with E-state index in [9.17, 15) is 9.90 Å². The molecule has 2 amide bonds. The molecule has 0 heterocycles. The van der Waals surface area contributed by atoms with E-state index in [-0.39, 0.29) is 6.03 Å². The second-order valence-electron chi connectivity index (χ2n) is 4.91. The second kappa shape index (κ2) is 8.43. The number of benzene rings is 1. The van der Waals surface area contributed by atoms with Gasteiger partial charge in [0, 0.05) is 13.6 Å². The van der Waals surface area contributed by atoms with Crippen LogP contribution in [-0.2, 0) is 0 Å². The van der Waals surface area contributed by atoms with E-state index < -0.39 is 6.10 Å². The van der Waals surface area contributed by atoms with Crippen LogP contribution in [0.5, 0.6) is 5.75 Å². The van der Waals surface area contributed by atoms with Gasteiger partial charge in [0.25, 0.3) is 0 Å². The molecule has 5 nitrogen and oxygen atoms in total. The maximum absolute atomic E-state index is 11.7. The molecular formula is C15H24N2O3. The minimum absolute atomic E-state index is 0.154. The van der Waals surface area contributed by atoms with Gasteiger partial charge in [-0.2, -0.15) is 0 Å². The summed E-state index contributed by atoms with van der Waals surface area (Å²) in [5.74, 6) is 0.837. The monoisotopic (exact) mass is 280 g/mol. The molecule has 5 heteroatoms. The quantitative estimate of drug-likeness (QED) is 0.749. The first-order valence-corrected chi connectivity index (χ1v) is 6.86. The summed E-state index contributed by atoms with van der Waals surface area (Å²) in [6, 6.07) is 7.62. The van der Waals surface area contributed by atoms with Crippen LogP contribution in [0.3, 0.4) is 0 Å². The lowest BCUT2D eigenvalue weighted by molar-refractivity contribution is 0.162. The zero-order valence-corrected chi connectivity index (χ0v) is 12.4. The third-order valence-corrected chi connectivity index (χ3v) is 2.96. The first kappa shape index (κ1) is 16.3. The number of ether oxygens (including phenoxy) is 1. The fraction of sp³-hybridized carbons (Fsp3) is 0.533. The van der Waals surface area contributed by atoms with Crippen molar-refractivity contribution < 1.29 is 14.6 Å². The zero-order valence-electron chi connectivity index (χ0n) is 12.4. The Morgan fingerprint density at radius 3 is 2.80 bits per heavy atom. The summed E-state index contributed by atoms with van der Waals surface area (Å²) in [5, 5.41) is 11.9. The van der Waals surface area contributed by atoms with E-state index in [1.165, 1.54) is 0 Å². The standard InChI is InChI=1S/C15H24N2O3/c1-12-6-4-5-7-14(12)20-11-9-16-15(19)17(3)10-8-13(2)18/h4-7,13,18H,8-11H2,1-3H3,(H,16,19). The fourth-order valence-electron chi connectivity index (χ4n) is 1.65. The Kier molecular flexibility index (Phi) is 6.87. The predicted molar refractivity (Wildman–Crippen MR) is 79.0 cm³/mol. The van der Waals surface area contributed by atoms with Gasteiger partial charge in [0.2, 0.25) is 0 Å². The molecule has 0 radical (unpaired) electrons. The molecule has 1 aromatic rings. The number of nitrogens with one attached hydrogen (secondary N) is 1. The van der Waals surface area contributed by atoms with Crippen molar-refractivity contribution in [3.05, 3.63) is 29.8 Å². The molecule has 0 saturated heterocycles. The van der Waals surface area contributed by atoms with Crippen molar-refractivity contribution in [1.29, 1.82) is 0 Å². The Hall–Kier alpha value is -1.75. The molecule has 0 bridgehead atoms. The molecule has 0 aliphatic rings. The Balaban J connectivity index is 2.20.